The monoisotopic (exact) mass is 334 g/mol. The molecule has 0 aliphatic heterocycles. The first-order chi connectivity index (χ1) is 10.7. The quantitative estimate of drug-likeness (QED) is 0.239. The molecule has 0 aliphatic carbocycles. The van der Waals surface area contributed by atoms with Gasteiger partial charge in [0.05, 0.1) is 5.88 Å². The van der Waals surface area contributed by atoms with E-state index in [2.05, 4.69) is 6.92 Å². The lowest BCUT2D eigenvalue weighted by molar-refractivity contribution is -0.146. The molecule has 0 spiro atoms. The second-order valence-corrected chi connectivity index (χ2v) is 6.44. The van der Waals surface area contributed by atoms with Gasteiger partial charge in [0.1, 0.15) is 12.7 Å². The van der Waals surface area contributed by atoms with Crippen molar-refractivity contribution in [2.45, 2.75) is 96.5 Å². The van der Waals surface area contributed by atoms with Gasteiger partial charge >= 0.3 is 5.97 Å². The second kappa shape index (κ2) is 17.1. The number of esters is 1. The molecule has 0 aromatic heterocycles. The van der Waals surface area contributed by atoms with Crippen LogP contribution in [0.4, 0.5) is 0 Å². The zero-order chi connectivity index (χ0) is 16.5. The molecule has 0 bridgehead atoms. The predicted molar refractivity (Wildman–Crippen MR) is 93.4 cm³/mol. The van der Waals surface area contributed by atoms with Crippen LogP contribution >= 0.6 is 11.6 Å². The van der Waals surface area contributed by atoms with Gasteiger partial charge in [0.15, 0.2) is 0 Å². The van der Waals surface area contributed by atoms with Gasteiger partial charge in [-0.3, -0.25) is 4.79 Å². The van der Waals surface area contributed by atoms with Crippen LogP contribution in [0.25, 0.3) is 0 Å². The molecule has 22 heavy (non-hydrogen) atoms. The van der Waals surface area contributed by atoms with Gasteiger partial charge in [0, 0.05) is 6.42 Å². The Kier molecular flexibility index (Phi) is 16.9. The van der Waals surface area contributed by atoms with E-state index in [4.69, 9.17) is 16.3 Å². The Balaban J connectivity index is 3.15. The molecule has 0 saturated carbocycles. The Morgan fingerprint density at radius 2 is 1.36 bits per heavy atom. The van der Waals surface area contributed by atoms with Crippen LogP contribution in [0.3, 0.4) is 0 Å². The van der Waals surface area contributed by atoms with E-state index in [-0.39, 0.29) is 18.5 Å². The van der Waals surface area contributed by atoms with Gasteiger partial charge in [-0.1, -0.05) is 77.6 Å². The molecule has 0 aromatic rings. The van der Waals surface area contributed by atoms with Crippen LogP contribution in [-0.2, 0) is 9.53 Å². The van der Waals surface area contributed by atoms with Crippen molar-refractivity contribution in [1.29, 1.82) is 0 Å². The van der Waals surface area contributed by atoms with Gasteiger partial charge in [-0.15, -0.1) is 11.6 Å². The van der Waals surface area contributed by atoms with E-state index < -0.39 is 6.10 Å². The normalized spacial score (nSPS) is 12.3. The second-order valence-electron chi connectivity index (χ2n) is 6.13. The van der Waals surface area contributed by atoms with Crippen molar-refractivity contribution >= 4 is 17.6 Å². The zero-order valence-corrected chi connectivity index (χ0v) is 15.1. The maximum Gasteiger partial charge on any atom is 0.305 e. The summed E-state index contributed by atoms with van der Waals surface area (Å²) in [5, 5.41) is 9.17. The number of hydrogen-bond acceptors (Lipinski definition) is 3. The molecular formula is C18H35ClO3. The highest BCUT2D eigenvalue weighted by atomic mass is 35.5. The van der Waals surface area contributed by atoms with Gasteiger partial charge in [0.2, 0.25) is 0 Å². The molecule has 1 N–H and O–H groups in total. The van der Waals surface area contributed by atoms with Gasteiger partial charge in [-0.25, -0.2) is 0 Å². The molecule has 0 amide bonds. The highest BCUT2D eigenvalue weighted by Crippen LogP contribution is 2.12. The van der Waals surface area contributed by atoms with E-state index in [1.165, 1.54) is 64.2 Å². The number of alkyl halides is 1. The minimum absolute atomic E-state index is 0.0145. The Hall–Kier alpha value is -0.280. The van der Waals surface area contributed by atoms with Crippen LogP contribution in [-0.4, -0.2) is 29.7 Å². The van der Waals surface area contributed by atoms with Gasteiger partial charge in [-0.05, 0) is 6.42 Å². The van der Waals surface area contributed by atoms with Crippen molar-refractivity contribution in [1.82, 2.24) is 0 Å². The molecule has 0 rings (SSSR count). The minimum atomic E-state index is -0.743. The highest BCUT2D eigenvalue weighted by molar-refractivity contribution is 6.18. The summed E-state index contributed by atoms with van der Waals surface area (Å²) in [6, 6.07) is 0. The molecule has 0 radical (unpaired) electrons. The molecule has 1 unspecified atom stereocenters. The lowest BCUT2D eigenvalue weighted by atomic mass is 10.0. The molecular weight excluding hydrogens is 300 g/mol. The number of carbonyl (C=O) groups excluding carboxylic acids is 1. The summed E-state index contributed by atoms with van der Waals surface area (Å²) in [6.07, 6.45) is 15.1. The third kappa shape index (κ3) is 16.1. The van der Waals surface area contributed by atoms with E-state index in [0.717, 1.165) is 12.8 Å². The summed E-state index contributed by atoms with van der Waals surface area (Å²) in [6.45, 7) is 2.27. The van der Waals surface area contributed by atoms with Crippen LogP contribution in [0, 0.1) is 0 Å². The lowest BCUT2D eigenvalue weighted by Crippen LogP contribution is -2.19. The van der Waals surface area contributed by atoms with Gasteiger partial charge < -0.3 is 9.84 Å². The summed E-state index contributed by atoms with van der Waals surface area (Å²) in [5.74, 6) is -0.123. The zero-order valence-electron chi connectivity index (χ0n) is 14.3. The molecule has 0 aromatic carbocycles. The molecule has 0 fully saturated rings. The number of halogens is 1. The number of aliphatic hydroxyl groups excluding tert-OH is 1. The van der Waals surface area contributed by atoms with Crippen molar-refractivity contribution in [3.05, 3.63) is 0 Å². The predicted octanol–water partition coefficient (Wildman–Crippen LogP) is 5.22. The van der Waals surface area contributed by atoms with Crippen LogP contribution in [0.15, 0.2) is 0 Å². The maximum atomic E-state index is 11.4. The fourth-order valence-corrected chi connectivity index (χ4v) is 2.51. The third-order valence-corrected chi connectivity index (χ3v) is 4.21. The van der Waals surface area contributed by atoms with Gasteiger partial charge in [0.25, 0.3) is 0 Å². The smallest absolute Gasteiger partial charge is 0.305 e. The van der Waals surface area contributed by atoms with Crippen LogP contribution in [0.2, 0.25) is 0 Å². The van der Waals surface area contributed by atoms with Crippen molar-refractivity contribution in [3.8, 4) is 0 Å². The molecule has 1 atom stereocenters. The first-order valence-electron chi connectivity index (χ1n) is 9.10. The van der Waals surface area contributed by atoms with Crippen LogP contribution in [0.1, 0.15) is 90.4 Å². The summed E-state index contributed by atoms with van der Waals surface area (Å²) in [7, 11) is 0. The number of ether oxygens (including phenoxy) is 1. The Morgan fingerprint density at radius 3 is 1.82 bits per heavy atom. The van der Waals surface area contributed by atoms with E-state index in [1.54, 1.807) is 0 Å². The SMILES string of the molecule is CCCCCCCCCCCCCCC(=O)OCC(O)CCl. The maximum absolute atomic E-state index is 11.4. The van der Waals surface area contributed by atoms with E-state index >= 15 is 0 Å². The average molecular weight is 335 g/mol. The first kappa shape index (κ1) is 21.7. The van der Waals surface area contributed by atoms with Crippen molar-refractivity contribution in [2.24, 2.45) is 0 Å². The van der Waals surface area contributed by atoms with E-state index in [9.17, 15) is 9.90 Å². The molecule has 0 heterocycles. The van der Waals surface area contributed by atoms with E-state index in [0.29, 0.717) is 6.42 Å². The number of aliphatic hydroxyl groups is 1. The fraction of sp³-hybridized carbons (Fsp3) is 0.944. The topological polar surface area (TPSA) is 46.5 Å². The summed E-state index contributed by atoms with van der Waals surface area (Å²) in [4.78, 5) is 11.4. The minimum Gasteiger partial charge on any atom is -0.463 e. The molecule has 0 aliphatic rings. The lowest BCUT2D eigenvalue weighted by Gasteiger charge is -2.08. The standard InChI is InChI=1S/C18H35ClO3/c1-2-3-4-5-6-7-8-9-10-11-12-13-14-18(21)22-16-17(20)15-19/h17,20H,2-16H2,1H3. The summed E-state index contributed by atoms with van der Waals surface area (Å²) in [5.41, 5.74) is 0. The Bertz CT molecular complexity index is 246. The molecule has 4 heteroatoms. The largest absolute Gasteiger partial charge is 0.463 e. The molecule has 0 saturated heterocycles. The van der Waals surface area contributed by atoms with Crippen molar-refractivity contribution in [2.75, 3.05) is 12.5 Å². The number of carbonyl (C=O) groups is 1. The van der Waals surface area contributed by atoms with Crippen LogP contribution < -0.4 is 0 Å². The summed E-state index contributed by atoms with van der Waals surface area (Å²) < 4.78 is 4.92. The van der Waals surface area contributed by atoms with Gasteiger partial charge in [-0.2, -0.15) is 0 Å². The summed E-state index contributed by atoms with van der Waals surface area (Å²) >= 11 is 5.42. The van der Waals surface area contributed by atoms with Crippen LogP contribution in [0.5, 0.6) is 0 Å². The Labute approximate surface area is 141 Å². The Morgan fingerprint density at radius 1 is 0.909 bits per heavy atom. The highest BCUT2D eigenvalue weighted by Gasteiger charge is 2.07. The number of hydrogen-bond donors (Lipinski definition) is 1. The van der Waals surface area contributed by atoms with Crippen molar-refractivity contribution in [3.63, 3.8) is 0 Å². The van der Waals surface area contributed by atoms with Crippen molar-refractivity contribution < 1.29 is 14.6 Å². The molecule has 132 valence electrons. The fourth-order valence-electron chi connectivity index (χ4n) is 2.42. The van der Waals surface area contributed by atoms with E-state index in [1.807, 2.05) is 0 Å². The molecule has 3 nitrogen and oxygen atoms in total. The average Bonchev–Trinajstić information content (AvgIpc) is 2.53. The third-order valence-electron chi connectivity index (χ3n) is 3.85. The number of rotatable bonds is 16. The first-order valence-corrected chi connectivity index (χ1v) is 9.63. The number of unbranched alkanes of at least 4 members (excludes halogenated alkanes) is 11.